The minimum Gasteiger partial charge on any atom is -0.547 e. The molecule has 0 fully saturated rings. The molecular weight excluding hydrogens is 256 g/mol. The van der Waals surface area contributed by atoms with Crippen molar-refractivity contribution in [1.29, 1.82) is 0 Å². The number of rotatable bonds is 5. The lowest BCUT2D eigenvalue weighted by atomic mass is 10.1. The summed E-state index contributed by atoms with van der Waals surface area (Å²) < 4.78 is 11.3. The zero-order valence-corrected chi connectivity index (χ0v) is 14.2. The van der Waals surface area contributed by atoms with Crippen molar-refractivity contribution >= 4 is 14.3 Å². The SMILES string of the molecule is CCOC(=O)CC1C=C(O[Si](C)(C)C(C)(C)C)CC1. The van der Waals surface area contributed by atoms with Crippen LogP contribution in [0.1, 0.15) is 47.0 Å². The predicted octanol–water partition coefficient (Wildman–Crippen LogP) is 4.26. The van der Waals surface area contributed by atoms with E-state index in [1.807, 2.05) is 6.92 Å². The van der Waals surface area contributed by atoms with Crippen LogP contribution in [0.3, 0.4) is 0 Å². The molecule has 1 aliphatic carbocycles. The highest BCUT2D eigenvalue weighted by Crippen LogP contribution is 2.40. The Morgan fingerprint density at radius 3 is 2.58 bits per heavy atom. The normalized spacial score (nSPS) is 20.1. The molecule has 1 atom stereocenters. The van der Waals surface area contributed by atoms with Gasteiger partial charge in [0.1, 0.15) is 0 Å². The second kappa shape index (κ2) is 6.12. The minimum atomic E-state index is -1.74. The van der Waals surface area contributed by atoms with Crippen LogP contribution in [0.2, 0.25) is 18.1 Å². The molecule has 0 aromatic rings. The molecule has 0 saturated carbocycles. The zero-order valence-electron chi connectivity index (χ0n) is 13.2. The largest absolute Gasteiger partial charge is 0.547 e. The van der Waals surface area contributed by atoms with Gasteiger partial charge >= 0.3 is 5.97 Å². The fourth-order valence-corrected chi connectivity index (χ4v) is 3.05. The van der Waals surface area contributed by atoms with Gasteiger partial charge in [-0.15, -0.1) is 0 Å². The monoisotopic (exact) mass is 284 g/mol. The van der Waals surface area contributed by atoms with E-state index in [2.05, 4.69) is 39.9 Å². The highest BCUT2D eigenvalue weighted by molar-refractivity contribution is 6.74. The summed E-state index contributed by atoms with van der Waals surface area (Å²) in [6.45, 7) is 13.5. The Hall–Kier alpha value is -0.773. The van der Waals surface area contributed by atoms with Gasteiger partial charge in [-0.25, -0.2) is 0 Å². The first-order valence-corrected chi connectivity index (χ1v) is 10.1. The van der Waals surface area contributed by atoms with Gasteiger partial charge in [0.2, 0.25) is 8.32 Å². The lowest BCUT2D eigenvalue weighted by Crippen LogP contribution is -2.40. The molecule has 0 aliphatic heterocycles. The molecule has 3 nitrogen and oxygen atoms in total. The van der Waals surface area contributed by atoms with Crippen LogP contribution < -0.4 is 0 Å². The number of allylic oxidation sites excluding steroid dienone is 2. The van der Waals surface area contributed by atoms with Crippen molar-refractivity contribution in [3.05, 3.63) is 11.8 Å². The quantitative estimate of drug-likeness (QED) is 0.559. The molecule has 0 heterocycles. The topological polar surface area (TPSA) is 35.5 Å². The van der Waals surface area contributed by atoms with Gasteiger partial charge in [0.05, 0.1) is 18.8 Å². The van der Waals surface area contributed by atoms with Crippen molar-refractivity contribution in [3.63, 3.8) is 0 Å². The standard InChI is InChI=1S/C15H28O3Si/c1-7-17-14(16)11-12-8-9-13(10-12)18-19(5,6)15(2,3)4/h10,12H,7-9,11H2,1-6H3. The molecule has 1 unspecified atom stereocenters. The predicted molar refractivity (Wildman–Crippen MR) is 80.3 cm³/mol. The molecule has 0 aromatic heterocycles. The number of hydrogen-bond donors (Lipinski definition) is 0. The van der Waals surface area contributed by atoms with Gasteiger partial charge < -0.3 is 9.16 Å². The molecule has 0 radical (unpaired) electrons. The number of esters is 1. The van der Waals surface area contributed by atoms with Crippen molar-refractivity contribution in [2.75, 3.05) is 6.61 Å². The molecule has 19 heavy (non-hydrogen) atoms. The molecular formula is C15H28O3Si. The van der Waals surface area contributed by atoms with Gasteiger partial charge in [-0.05, 0) is 43.5 Å². The average Bonchev–Trinajstić information content (AvgIpc) is 2.63. The molecule has 0 bridgehead atoms. The molecule has 0 spiro atoms. The Balaban J connectivity index is 2.56. The third kappa shape index (κ3) is 4.68. The lowest BCUT2D eigenvalue weighted by Gasteiger charge is -2.36. The summed E-state index contributed by atoms with van der Waals surface area (Å²) in [4.78, 5) is 11.5. The van der Waals surface area contributed by atoms with Crippen molar-refractivity contribution in [1.82, 2.24) is 0 Å². The smallest absolute Gasteiger partial charge is 0.306 e. The van der Waals surface area contributed by atoms with E-state index in [1.54, 1.807) is 0 Å². The van der Waals surface area contributed by atoms with Crippen LogP contribution >= 0.6 is 0 Å². The third-order valence-electron chi connectivity index (χ3n) is 4.11. The van der Waals surface area contributed by atoms with E-state index < -0.39 is 8.32 Å². The molecule has 0 amide bonds. The highest BCUT2D eigenvalue weighted by atomic mass is 28.4. The van der Waals surface area contributed by atoms with Gasteiger partial charge in [0.15, 0.2) is 0 Å². The van der Waals surface area contributed by atoms with Crippen molar-refractivity contribution < 1.29 is 14.0 Å². The Bertz CT molecular complexity index is 353. The second-order valence-corrected chi connectivity index (χ2v) is 11.5. The Kier molecular flexibility index (Phi) is 5.24. The molecule has 1 rings (SSSR count). The summed E-state index contributed by atoms with van der Waals surface area (Å²) in [6.07, 6.45) is 4.58. The van der Waals surface area contributed by atoms with E-state index in [9.17, 15) is 4.79 Å². The third-order valence-corrected chi connectivity index (χ3v) is 8.49. The summed E-state index contributed by atoms with van der Waals surface area (Å²) in [5.74, 6) is 1.28. The maximum atomic E-state index is 11.5. The van der Waals surface area contributed by atoms with Gasteiger partial charge in [-0.2, -0.15) is 0 Å². The van der Waals surface area contributed by atoms with Crippen LogP contribution in [0.5, 0.6) is 0 Å². The maximum Gasteiger partial charge on any atom is 0.306 e. The van der Waals surface area contributed by atoms with Gasteiger partial charge in [0.25, 0.3) is 0 Å². The molecule has 4 heteroatoms. The van der Waals surface area contributed by atoms with Crippen LogP contribution in [0.15, 0.2) is 11.8 Å². The first-order chi connectivity index (χ1) is 8.65. The van der Waals surface area contributed by atoms with Crippen molar-refractivity contribution in [2.24, 2.45) is 5.92 Å². The Morgan fingerprint density at radius 2 is 2.05 bits per heavy atom. The van der Waals surface area contributed by atoms with Crippen LogP contribution in [0, 0.1) is 5.92 Å². The summed E-state index contributed by atoms with van der Waals surface area (Å²) >= 11 is 0. The van der Waals surface area contributed by atoms with E-state index in [0.29, 0.717) is 18.9 Å². The molecule has 0 aromatic carbocycles. The number of carbonyl (C=O) groups excluding carboxylic acids is 1. The van der Waals surface area contributed by atoms with Crippen LogP contribution in [0.4, 0.5) is 0 Å². The summed E-state index contributed by atoms with van der Waals surface area (Å²) in [5.41, 5.74) is 0. The molecule has 1 aliphatic rings. The average molecular weight is 284 g/mol. The van der Waals surface area contributed by atoms with Crippen LogP contribution in [0.25, 0.3) is 0 Å². The second-order valence-electron chi connectivity index (χ2n) is 6.80. The number of carbonyl (C=O) groups is 1. The highest BCUT2D eigenvalue weighted by Gasteiger charge is 2.40. The summed E-state index contributed by atoms with van der Waals surface area (Å²) in [7, 11) is -1.74. The lowest BCUT2D eigenvalue weighted by molar-refractivity contribution is -0.143. The first-order valence-electron chi connectivity index (χ1n) is 7.21. The summed E-state index contributed by atoms with van der Waals surface area (Å²) in [6, 6.07) is 0. The van der Waals surface area contributed by atoms with Crippen molar-refractivity contribution in [3.8, 4) is 0 Å². The van der Waals surface area contributed by atoms with E-state index in [1.165, 1.54) is 0 Å². The van der Waals surface area contributed by atoms with E-state index >= 15 is 0 Å². The van der Waals surface area contributed by atoms with Crippen LogP contribution in [-0.4, -0.2) is 20.9 Å². The fraction of sp³-hybridized carbons (Fsp3) is 0.800. The number of ether oxygens (including phenoxy) is 1. The van der Waals surface area contributed by atoms with Gasteiger partial charge in [0, 0.05) is 6.42 Å². The minimum absolute atomic E-state index is 0.0997. The Labute approximate surface area is 118 Å². The van der Waals surface area contributed by atoms with E-state index in [0.717, 1.165) is 18.6 Å². The van der Waals surface area contributed by atoms with Gasteiger partial charge in [-0.3, -0.25) is 4.79 Å². The van der Waals surface area contributed by atoms with Gasteiger partial charge in [-0.1, -0.05) is 20.8 Å². The van der Waals surface area contributed by atoms with Crippen molar-refractivity contribution in [2.45, 2.75) is 65.1 Å². The molecule has 0 saturated heterocycles. The first kappa shape index (κ1) is 16.3. The van der Waals surface area contributed by atoms with E-state index in [4.69, 9.17) is 9.16 Å². The Morgan fingerprint density at radius 1 is 1.42 bits per heavy atom. The number of hydrogen-bond acceptors (Lipinski definition) is 3. The fourth-order valence-electron chi connectivity index (χ4n) is 1.92. The van der Waals surface area contributed by atoms with E-state index in [-0.39, 0.29) is 11.0 Å². The van der Waals surface area contributed by atoms with Crippen LogP contribution in [-0.2, 0) is 14.0 Å². The molecule has 110 valence electrons. The molecule has 0 N–H and O–H groups in total. The zero-order chi connectivity index (χ0) is 14.7. The summed E-state index contributed by atoms with van der Waals surface area (Å²) in [5, 5.41) is 0.215. The maximum absolute atomic E-state index is 11.5.